The van der Waals surface area contributed by atoms with Crippen molar-refractivity contribution in [2.24, 2.45) is 0 Å². The van der Waals surface area contributed by atoms with Crippen LogP contribution >= 0.6 is 0 Å². The van der Waals surface area contributed by atoms with Gasteiger partial charge in [0.15, 0.2) is 0 Å². The third-order valence-electron chi connectivity index (χ3n) is 2.92. The zero-order chi connectivity index (χ0) is 12.2. The summed E-state index contributed by atoms with van der Waals surface area (Å²) in [6, 6.07) is 0. The van der Waals surface area contributed by atoms with Gasteiger partial charge in [-0.15, -0.1) is 0 Å². The second kappa shape index (κ2) is 10.1. The fourth-order valence-corrected chi connectivity index (χ4v) is 1.88. The second-order valence-corrected chi connectivity index (χ2v) is 4.53. The van der Waals surface area contributed by atoms with Crippen molar-refractivity contribution < 1.29 is 0 Å². The fourth-order valence-electron chi connectivity index (χ4n) is 1.88. The SMILES string of the molecule is CCCCCCCCCCNc1cncnc1. The lowest BCUT2D eigenvalue weighted by atomic mass is 10.1. The molecule has 3 nitrogen and oxygen atoms in total. The molecule has 1 aromatic heterocycles. The van der Waals surface area contributed by atoms with E-state index in [0.29, 0.717) is 0 Å². The molecule has 0 aliphatic heterocycles. The Morgan fingerprint density at radius 3 is 2.12 bits per heavy atom. The normalized spacial score (nSPS) is 10.4. The first-order chi connectivity index (χ1) is 8.43. The van der Waals surface area contributed by atoms with Gasteiger partial charge in [0.05, 0.1) is 18.1 Å². The van der Waals surface area contributed by atoms with E-state index < -0.39 is 0 Å². The van der Waals surface area contributed by atoms with Gasteiger partial charge in [-0.05, 0) is 6.42 Å². The van der Waals surface area contributed by atoms with Crippen LogP contribution in [-0.4, -0.2) is 16.5 Å². The van der Waals surface area contributed by atoms with Crippen molar-refractivity contribution in [3.63, 3.8) is 0 Å². The van der Waals surface area contributed by atoms with E-state index in [4.69, 9.17) is 0 Å². The number of unbranched alkanes of at least 4 members (excludes halogenated alkanes) is 7. The van der Waals surface area contributed by atoms with Crippen molar-refractivity contribution in [1.82, 2.24) is 9.97 Å². The van der Waals surface area contributed by atoms with E-state index in [-0.39, 0.29) is 0 Å². The standard InChI is InChI=1S/C14H25N3/c1-2-3-4-5-6-7-8-9-10-17-14-11-15-13-16-12-14/h11-13,17H,2-10H2,1H3. The molecular weight excluding hydrogens is 210 g/mol. The molecule has 0 fully saturated rings. The van der Waals surface area contributed by atoms with Crippen LogP contribution in [0.5, 0.6) is 0 Å². The summed E-state index contributed by atoms with van der Waals surface area (Å²) in [6.45, 7) is 3.29. The van der Waals surface area contributed by atoms with Crippen molar-refractivity contribution >= 4 is 5.69 Å². The van der Waals surface area contributed by atoms with Gasteiger partial charge >= 0.3 is 0 Å². The lowest BCUT2D eigenvalue weighted by Crippen LogP contribution is -2.01. The molecule has 0 aromatic carbocycles. The molecule has 0 aliphatic rings. The predicted octanol–water partition coefficient (Wildman–Crippen LogP) is 4.03. The third kappa shape index (κ3) is 7.72. The van der Waals surface area contributed by atoms with Crippen LogP contribution in [0.25, 0.3) is 0 Å². The number of nitrogens with one attached hydrogen (secondary N) is 1. The van der Waals surface area contributed by atoms with Crippen LogP contribution in [-0.2, 0) is 0 Å². The Bertz CT molecular complexity index is 261. The summed E-state index contributed by atoms with van der Waals surface area (Å²) in [5, 5.41) is 3.33. The van der Waals surface area contributed by atoms with Crippen LogP contribution in [0.1, 0.15) is 58.3 Å². The maximum atomic E-state index is 3.97. The van der Waals surface area contributed by atoms with E-state index in [1.807, 2.05) is 12.4 Å². The fraction of sp³-hybridized carbons (Fsp3) is 0.714. The molecule has 3 heteroatoms. The summed E-state index contributed by atoms with van der Waals surface area (Å²) < 4.78 is 0. The molecule has 1 aromatic rings. The van der Waals surface area contributed by atoms with Gasteiger partial charge in [0.25, 0.3) is 0 Å². The lowest BCUT2D eigenvalue weighted by molar-refractivity contribution is 0.581. The van der Waals surface area contributed by atoms with Crippen LogP contribution in [0, 0.1) is 0 Å². The third-order valence-corrected chi connectivity index (χ3v) is 2.92. The van der Waals surface area contributed by atoms with E-state index in [1.165, 1.54) is 51.4 Å². The summed E-state index contributed by atoms with van der Waals surface area (Å²) in [6.07, 6.45) is 16.1. The predicted molar refractivity (Wildman–Crippen MR) is 73.1 cm³/mol. The largest absolute Gasteiger partial charge is 0.383 e. The Labute approximate surface area is 105 Å². The second-order valence-electron chi connectivity index (χ2n) is 4.53. The number of nitrogens with zero attached hydrogens (tertiary/aromatic N) is 2. The molecule has 1 rings (SSSR count). The average Bonchev–Trinajstić information content (AvgIpc) is 2.38. The minimum absolute atomic E-state index is 1.02. The molecule has 17 heavy (non-hydrogen) atoms. The molecule has 0 saturated heterocycles. The van der Waals surface area contributed by atoms with Crippen LogP contribution in [0.2, 0.25) is 0 Å². The number of aromatic nitrogens is 2. The number of anilines is 1. The molecule has 1 N–H and O–H groups in total. The van der Waals surface area contributed by atoms with Crippen LogP contribution in [0.4, 0.5) is 5.69 Å². The molecule has 0 saturated carbocycles. The molecule has 0 bridgehead atoms. The van der Waals surface area contributed by atoms with Crippen LogP contribution in [0.15, 0.2) is 18.7 Å². The Balaban J connectivity index is 1.85. The highest BCUT2D eigenvalue weighted by Crippen LogP contribution is 2.08. The molecule has 0 aliphatic carbocycles. The van der Waals surface area contributed by atoms with Crippen LogP contribution in [0.3, 0.4) is 0 Å². The van der Waals surface area contributed by atoms with Crippen molar-refractivity contribution in [3.05, 3.63) is 18.7 Å². The Morgan fingerprint density at radius 2 is 1.47 bits per heavy atom. The van der Waals surface area contributed by atoms with Gasteiger partial charge in [-0.3, -0.25) is 0 Å². The minimum Gasteiger partial charge on any atom is -0.383 e. The molecule has 1 heterocycles. The summed E-state index contributed by atoms with van der Waals surface area (Å²) in [4.78, 5) is 7.94. The van der Waals surface area contributed by atoms with E-state index in [2.05, 4.69) is 22.2 Å². The Kier molecular flexibility index (Phi) is 8.25. The molecule has 96 valence electrons. The zero-order valence-electron chi connectivity index (χ0n) is 11.0. The van der Waals surface area contributed by atoms with Crippen LogP contribution < -0.4 is 5.32 Å². The summed E-state index contributed by atoms with van der Waals surface area (Å²) in [5.74, 6) is 0. The molecular formula is C14H25N3. The average molecular weight is 235 g/mol. The summed E-state index contributed by atoms with van der Waals surface area (Å²) >= 11 is 0. The molecule has 0 unspecified atom stereocenters. The van der Waals surface area contributed by atoms with Crippen molar-refractivity contribution in [2.45, 2.75) is 58.3 Å². The number of rotatable bonds is 10. The molecule has 0 radical (unpaired) electrons. The first-order valence-electron chi connectivity index (χ1n) is 6.92. The van der Waals surface area contributed by atoms with E-state index in [0.717, 1.165) is 12.2 Å². The minimum atomic E-state index is 1.02. The lowest BCUT2D eigenvalue weighted by Gasteiger charge is -2.05. The maximum Gasteiger partial charge on any atom is 0.115 e. The first kappa shape index (κ1) is 13.9. The Morgan fingerprint density at radius 1 is 0.882 bits per heavy atom. The van der Waals surface area contributed by atoms with E-state index >= 15 is 0 Å². The maximum absolute atomic E-state index is 3.97. The highest BCUT2D eigenvalue weighted by Gasteiger charge is 1.93. The van der Waals surface area contributed by atoms with Gasteiger partial charge in [0, 0.05) is 6.54 Å². The Hall–Kier alpha value is -1.12. The van der Waals surface area contributed by atoms with Gasteiger partial charge in [-0.25, -0.2) is 9.97 Å². The summed E-state index contributed by atoms with van der Waals surface area (Å²) in [7, 11) is 0. The van der Waals surface area contributed by atoms with Gasteiger partial charge in [-0.1, -0.05) is 51.9 Å². The molecule has 0 spiro atoms. The molecule has 0 amide bonds. The highest BCUT2D eigenvalue weighted by atomic mass is 14.9. The van der Waals surface area contributed by atoms with Gasteiger partial charge < -0.3 is 5.32 Å². The first-order valence-corrected chi connectivity index (χ1v) is 6.92. The van der Waals surface area contributed by atoms with Gasteiger partial charge in [-0.2, -0.15) is 0 Å². The quantitative estimate of drug-likeness (QED) is 0.622. The smallest absolute Gasteiger partial charge is 0.115 e. The highest BCUT2D eigenvalue weighted by molar-refractivity contribution is 5.36. The van der Waals surface area contributed by atoms with E-state index in [1.54, 1.807) is 6.33 Å². The monoisotopic (exact) mass is 235 g/mol. The van der Waals surface area contributed by atoms with Crippen molar-refractivity contribution in [1.29, 1.82) is 0 Å². The number of hydrogen-bond acceptors (Lipinski definition) is 3. The van der Waals surface area contributed by atoms with Crippen molar-refractivity contribution in [3.8, 4) is 0 Å². The van der Waals surface area contributed by atoms with Gasteiger partial charge in [0.1, 0.15) is 6.33 Å². The number of hydrogen-bond donors (Lipinski definition) is 1. The van der Waals surface area contributed by atoms with Gasteiger partial charge in [0.2, 0.25) is 0 Å². The summed E-state index contributed by atoms with van der Waals surface area (Å²) in [5.41, 5.74) is 1.02. The molecule has 0 atom stereocenters. The zero-order valence-corrected chi connectivity index (χ0v) is 11.0. The van der Waals surface area contributed by atoms with E-state index in [9.17, 15) is 0 Å². The van der Waals surface area contributed by atoms with Crippen molar-refractivity contribution in [2.75, 3.05) is 11.9 Å². The topological polar surface area (TPSA) is 37.8 Å².